The molecule has 1 aromatic heterocycles. The van der Waals surface area contributed by atoms with Gasteiger partial charge in [0.2, 0.25) is 0 Å². The Balaban J connectivity index is 2.41. The summed E-state index contributed by atoms with van der Waals surface area (Å²) < 4.78 is 15.2. The molecule has 0 amide bonds. The summed E-state index contributed by atoms with van der Waals surface area (Å²) in [5, 5.41) is 8.66. The van der Waals surface area contributed by atoms with Crippen LogP contribution in [0.4, 0.5) is 4.39 Å². The molecule has 0 radical (unpaired) electrons. The van der Waals surface area contributed by atoms with Crippen molar-refractivity contribution in [3.63, 3.8) is 0 Å². The Bertz CT molecular complexity index is 627. The first-order chi connectivity index (χ1) is 8.67. The molecule has 1 atom stereocenters. The summed E-state index contributed by atoms with van der Waals surface area (Å²) in [6, 6.07) is 5.94. The van der Waals surface area contributed by atoms with Crippen LogP contribution in [-0.2, 0) is 0 Å². The Labute approximate surface area is 103 Å². The van der Waals surface area contributed by atoms with Gasteiger partial charge in [0, 0.05) is 0 Å². The lowest BCUT2D eigenvalue weighted by atomic mass is 10.1. The molecular weight excluding hydrogens is 233 g/mol. The zero-order valence-corrected chi connectivity index (χ0v) is 9.67. The topological polar surface area (TPSA) is 58.7 Å². The van der Waals surface area contributed by atoms with Crippen LogP contribution in [0.1, 0.15) is 34.6 Å². The molecule has 2 rings (SSSR count). The maximum Gasteiger partial charge on any atom is 0.168 e. The van der Waals surface area contributed by atoms with E-state index in [1.807, 2.05) is 6.92 Å². The number of halogens is 1. The van der Waals surface area contributed by atoms with Gasteiger partial charge in [-0.05, 0) is 24.6 Å². The number of aromatic nitrogens is 2. The maximum absolute atomic E-state index is 13.5. The van der Waals surface area contributed by atoms with Crippen LogP contribution < -0.4 is 0 Å². The number of carbonyl (C=O) groups excluding carboxylic acids is 1. The van der Waals surface area contributed by atoms with E-state index in [2.05, 4.69) is 4.98 Å². The van der Waals surface area contributed by atoms with Crippen LogP contribution in [0.3, 0.4) is 0 Å². The summed E-state index contributed by atoms with van der Waals surface area (Å²) in [4.78, 5) is 14.7. The van der Waals surface area contributed by atoms with Crippen molar-refractivity contribution < 1.29 is 9.18 Å². The molecule has 0 bridgehead atoms. The first-order valence-electron chi connectivity index (χ1n) is 5.34. The fourth-order valence-corrected chi connectivity index (χ4v) is 1.77. The normalized spacial score (nSPS) is 11.8. The number of nitriles is 1. The second-order valence-corrected chi connectivity index (χ2v) is 3.87. The van der Waals surface area contributed by atoms with Crippen molar-refractivity contribution in [2.24, 2.45) is 0 Å². The van der Waals surface area contributed by atoms with E-state index in [1.54, 1.807) is 16.7 Å². The summed E-state index contributed by atoms with van der Waals surface area (Å²) in [6.45, 7) is 1.83. The summed E-state index contributed by atoms with van der Waals surface area (Å²) in [7, 11) is 0. The first-order valence-corrected chi connectivity index (χ1v) is 5.34. The average Bonchev–Trinajstić information content (AvgIpc) is 2.86. The number of hydrogen-bond acceptors (Lipinski definition) is 3. The van der Waals surface area contributed by atoms with E-state index in [-0.39, 0.29) is 11.6 Å². The SMILES string of the molecule is C[C@@H](c1ccc(C#N)c(F)c1)n1cncc1C=O. The molecule has 18 heavy (non-hydrogen) atoms. The fourth-order valence-electron chi connectivity index (χ4n) is 1.77. The second kappa shape index (κ2) is 4.80. The Morgan fingerprint density at radius 2 is 2.33 bits per heavy atom. The molecule has 1 aromatic carbocycles. The molecule has 0 fully saturated rings. The summed E-state index contributed by atoms with van der Waals surface area (Å²) in [5.74, 6) is -0.561. The molecule has 0 saturated carbocycles. The van der Waals surface area contributed by atoms with Crippen molar-refractivity contribution in [1.82, 2.24) is 9.55 Å². The lowest BCUT2D eigenvalue weighted by Gasteiger charge is -2.15. The highest BCUT2D eigenvalue weighted by molar-refractivity contribution is 5.71. The highest BCUT2D eigenvalue weighted by Gasteiger charge is 2.13. The van der Waals surface area contributed by atoms with E-state index >= 15 is 0 Å². The van der Waals surface area contributed by atoms with Crippen molar-refractivity contribution in [2.45, 2.75) is 13.0 Å². The van der Waals surface area contributed by atoms with E-state index in [0.29, 0.717) is 17.5 Å². The summed E-state index contributed by atoms with van der Waals surface area (Å²) in [5.41, 5.74) is 1.10. The van der Waals surface area contributed by atoms with Crippen LogP contribution in [0.15, 0.2) is 30.7 Å². The van der Waals surface area contributed by atoms with Gasteiger partial charge in [-0.25, -0.2) is 9.37 Å². The number of aldehydes is 1. The number of imidazole rings is 1. The second-order valence-electron chi connectivity index (χ2n) is 3.87. The Morgan fingerprint density at radius 3 is 2.94 bits per heavy atom. The fraction of sp³-hybridized carbons (Fsp3) is 0.154. The van der Waals surface area contributed by atoms with Crippen LogP contribution in [0, 0.1) is 17.1 Å². The van der Waals surface area contributed by atoms with Gasteiger partial charge in [0.15, 0.2) is 6.29 Å². The monoisotopic (exact) mass is 243 g/mol. The van der Waals surface area contributed by atoms with Crippen molar-refractivity contribution in [3.05, 3.63) is 53.4 Å². The minimum atomic E-state index is -0.561. The standard InChI is InChI=1S/C13H10FN3O/c1-9(17-8-16-6-12(17)7-18)10-2-3-11(5-15)13(14)4-10/h2-4,6-9H,1H3/t9-/m0/s1. The van der Waals surface area contributed by atoms with E-state index in [1.165, 1.54) is 24.7 Å². The van der Waals surface area contributed by atoms with Gasteiger partial charge in [-0.1, -0.05) is 6.07 Å². The molecule has 0 aliphatic carbocycles. The van der Waals surface area contributed by atoms with Gasteiger partial charge < -0.3 is 4.57 Å². The van der Waals surface area contributed by atoms with Gasteiger partial charge in [-0.3, -0.25) is 4.79 Å². The molecule has 1 heterocycles. The highest BCUT2D eigenvalue weighted by Crippen LogP contribution is 2.21. The van der Waals surface area contributed by atoms with Gasteiger partial charge in [0.05, 0.1) is 24.1 Å². The van der Waals surface area contributed by atoms with Gasteiger partial charge in [0.1, 0.15) is 17.6 Å². The molecule has 2 aromatic rings. The molecule has 0 spiro atoms. The van der Waals surface area contributed by atoms with E-state index in [9.17, 15) is 9.18 Å². The molecule has 0 N–H and O–H groups in total. The summed E-state index contributed by atoms with van der Waals surface area (Å²) in [6.07, 6.45) is 3.66. The molecule has 0 aliphatic heterocycles. The van der Waals surface area contributed by atoms with Gasteiger partial charge in [0.25, 0.3) is 0 Å². The molecule has 4 nitrogen and oxygen atoms in total. The van der Waals surface area contributed by atoms with Crippen LogP contribution in [0.25, 0.3) is 0 Å². The smallest absolute Gasteiger partial charge is 0.168 e. The van der Waals surface area contributed by atoms with Crippen molar-refractivity contribution in [3.8, 4) is 6.07 Å². The van der Waals surface area contributed by atoms with E-state index in [0.717, 1.165) is 0 Å². The molecule has 90 valence electrons. The molecule has 0 unspecified atom stereocenters. The quantitative estimate of drug-likeness (QED) is 0.777. The Hall–Kier alpha value is -2.48. The average molecular weight is 243 g/mol. The Kier molecular flexibility index (Phi) is 3.20. The highest BCUT2D eigenvalue weighted by atomic mass is 19.1. The third-order valence-corrected chi connectivity index (χ3v) is 2.83. The molecule has 0 aliphatic rings. The molecule has 0 saturated heterocycles. The third-order valence-electron chi connectivity index (χ3n) is 2.83. The number of benzene rings is 1. The summed E-state index contributed by atoms with van der Waals surface area (Å²) >= 11 is 0. The zero-order chi connectivity index (χ0) is 13.1. The predicted molar refractivity (Wildman–Crippen MR) is 62.5 cm³/mol. The lowest BCUT2D eigenvalue weighted by Crippen LogP contribution is -2.09. The molecular formula is C13H10FN3O. The van der Waals surface area contributed by atoms with E-state index < -0.39 is 5.82 Å². The van der Waals surface area contributed by atoms with Crippen LogP contribution in [0.2, 0.25) is 0 Å². The van der Waals surface area contributed by atoms with Crippen LogP contribution in [-0.4, -0.2) is 15.8 Å². The largest absolute Gasteiger partial charge is 0.321 e. The van der Waals surface area contributed by atoms with Crippen LogP contribution >= 0.6 is 0 Å². The molecule has 5 heteroatoms. The first kappa shape index (κ1) is 12.0. The predicted octanol–water partition coefficient (Wildman–Crippen LogP) is 2.32. The maximum atomic E-state index is 13.5. The minimum Gasteiger partial charge on any atom is -0.321 e. The van der Waals surface area contributed by atoms with Gasteiger partial charge >= 0.3 is 0 Å². The van der Waals surface area contributed by atoms with Crippen molar-refractivity contribution in [1.29, 1.82) is 5.26 Å². The van der Waals surface area contributed by atoms with E-state index in [4.69, 9.17) is 5.26 Å². The number of carbonyl (C=O) groups is 1. The van der Waals surface area contributed by atoms with Gasteiger partial charge in [-0.2, -0.15) is 5.26 Å². The van der Waals surface area contributed by atoms with Crippen molar-refractivity contribution in [2.75, 3.05) is 0 Å². The lowest BCUT2D eigenvalue weighted by molar-refractivity contribution is 0.111. The number of rotatable bonds is 3. The zero-order valence-electron chi connectivity index (χ0n) is 9.67. The van der Waals surface area contributed by atoms with Crippen molar-refractivity contribution >= 4 is 6.29 Å². The van der Waals surface area contributed by atoms with Gasteiger partial charge in [-0.15, -0.1) is 0 Å². The number of hydrogen-bond donors (Lipinski definition) is 0. The number of nitrogens with zero attached hydrogens (tertiary/aromatic N) is 3. The minimum absolute atomic E-state index is 0.00666. The Morgan fingerprint density at radius 1 is 1.56 bits per heavy atom. The van der Waals surface area contributed by atoms with Crippen LogP contribution in [0.5, 0.6) is 0 Å². The third kappa shape index (κ3) is 2.00.